The van der Waals surface area contributed by atoms with Gasteiger partial charge in [0.15, 0.2) is 0 Å². The Kier molecular flexibility index (Phi) is 18.4. The molecule has 0 saturated carbocycles. The van der Waals surface area contributed by atoms with Crippen LogP contribution in [0.2, 0.25) is 0 Å². The van der Waals surface area contributed by atoms with Crippen molar-refractivity contribution in [2.24, 2.45) is 0 Å². The van der Waals surface area contributed by atoms with Crippen LogP contribution in [0.4, 0.5) is 0 Å². The predicted octanol–water partition coefficient (Wildman–Crippen LogP) is 21.0. The first-order chi connectivity index (χ1) is 43.5. The molecule has 9 aromatic carbocycles. The van der Waals surface area contributed by atoms with Crippen molar-refractivity contribution in [3.05, 3.63) is 298 Å². The van der Waals surface area contributed by atoms with Crippen molar-refractivity contribution in [1.29, 1.82) is 0 Å². The molecule has 0 aliphatic carbocycles. The Morgan fingerprint density at radius 2 is 0.644 bits per heavy atom. The van der Waals surface area contributed by atoms with E-state index in [1.807, 2.05) is 67.8 Å². The second-order valence-corrected chi connectivity index (χ2v) is 23.7. The summed E-state index contributed by atoms with van der Waals surface area (Å²) < 4.78 is 0. The van der Waals surface area contributed by atoms with Crippen LogP contribution in [0.15, 0.2) is 231 Å². The van der Waals surface area contributed by atoms with Crippen molar-refractivity contribution in [2.45, 2.75) is 83.1 Å². The molecular weight excluding hydrogens is 1100 g/mol. The first kappa shape index (κ1) is 61.0. The van der Waals surface area contributed by atoms with Crippen LogP contribution in [0.1, 0.15) is 66.9 Å². The number of rotatable bonds is 1. The number of hydrogen-bond donors (Lipinski definition) is 0. The van der Waals surface area contributed by atoms with Crippen molar-refractivity contribution in [2.75, 3.05) is 0 Å². The van der Waals surface area contributed by atoms with Crippen molar-refractivity contribution in [3.8, 4) is 11.4 Å². The summed E-state index contributed by atoms with van der Waals surface area (Å²) in [7, 11) is 0. The number of pyridine rings is 6. The van der Waals surface area contributed by atoms with E-state index >= 15 is 0 Å². The Morgan fingerprint density at radius 1 is 0.222 bits per heavy atom. The molecule has 8 nitrogen and oxygen atoms in total. The van der Waals surface area contributed by atoms with Crippen LogP contribution in [0.25, 0.3) is 110 Å². The molecule has 442 valence electrons. The molecule has 0 radical (unpaired) electrons. The van der Waals surface area contributed by atoms with Crippen molar-refractivity contribution < 1.29 is 0 Å². The van der Waals surface area contributed by atoms with Gasteiger partial charge in [-0.2, -0.15) is 0 Å². The van der Waals surface area contributed by atoms with Gasteiger partial charge in [0.2, 0.25) is 0 Å². The molecular formula is C82H74N8. The number of aryl methyl sites for hydroxylation is 12. The maximum Gasteiger partial charge on any atom is 0.0919 e. The lowest BCUT2D eigenvalue weighted by molar-refractivity contribution is 1.17. The molecule has 0 aliphatic heterocycles. The van der Waals surface area contributed by atoms with Gasteiger partial charge in [-0.15, -0.1) is 0 Å². The zero-order valence-corrected chi connectivity index (χ0v) is 53.5. The molecule has 7 heterocycles. The smallest absolute Gasteiger partial charge is 0.0919 e. The summed E-state index contributed by atoms with van der Waals surface area (Å²) in [6, 6.07) is 73.7. The number of fused-ring (bicyclic) bond motifs is 9. The van der Waals surface area contributed by atoms with Gasteiger partial charge in [0, 0.05) is 61.7 Å². The van der Waals surface area contributed by atoms with Crippen LogP contribution in [0, 0.1) is 83.1 Å². The number of para-hydroxylation sites is 3. The van der Waals surface area contributed by atoms with Crippen molar-refractivity contribution in [3.63, 3.8) is 0 Å². The van der Waals surface area contributed by atoms with Crippen LogP contribution in [-0.2, 0) is 0 Å². The standard InChI is InChI=1S/4C15H13N.C12H12N2.C10H10N2/c1-10-4-6-14-13(7-10)9-12-5-3-11(2)8-15(12)16-14;1-10-3-5-14-12(7-10)9-13-8-11(2)4-6-15(13)16-14;1-10-7-13-9-12-5-3-4-6-14(12)16-15(13)8-11(10)2;1-10-7-8-11(2)15-13(10)9-12-5-3-4-6-14(12)16-15;1-9-3-5-13-11(7-9)12-8-10(2)4-6-14-12;1-7-4-3-5-9-10(7)12-8(2)6-11-9/h4*3-9H,1-2H3;3-8H,1-2H3;3-6H,1-2H3. The number of nitrogens with zero attached hydrogens (tertiary/aromatic N) is 8. The third kappa shape index (κ3) is 14.6. The Balaban J connectivity index is 0.000000111. The Labute approximate surface area is 527 Å². The maximum atomic E-state index is 4.74. The van der Waals surface area contributed by atoms with Gasteiger partial charge in [-0.3, -0.25) is 15.0 Å². The van der Waals surface area contributed by atoms with E-state index in [-0.39, 0.29) is 0 Å². The molecule has 0 aliphatic rings. The normalized spacial score (nSPS) is 10.9. The topological polar surface area (TPSA) is 103 Å². The largest absolute Gasteiger partial charge is 0.255 e. The molecule has 0 unspecified atom stereocenters. The van der Waals surface area contributed by atoms with Gasteiger partial charge in [-0.1, -0.05) is 108 Å². The molecule has 7 aromatic heterocycles. The van der Waals surface area contributed by atoms with E-state index in [1.165, 1.54) is 104 Å². The van der Waals surface area contributed by atoms with Gasteiger partial charge in [-0.25, -0.2) is 24.9 Å². The minimum atomic E-state index is 0.939. The lowest BCUT2D eigenvalue weighted by Crippen LogP contribution is -1.88. The van der Waals surface area contributed by atoms with Crippen LogP contribution >= 0.6 is 0 Å². The zero-order chi connectivity index (χ0) is 63.0. The molecule has 0 amide bonds. The Hall–Kier alpha value is -10.7. The molecule has 0 bridgehead atoms. The van der Waals surface area contributed by atoms with Gasteiger partial charge in [0.1, 0.15) is 0 Å². The van der Waals surface area contributed by atoms with E-state index in [0.29, 0.717) is 0 Å². The highest BCUT2D eigenvalue weighted by atomic mass is 14.8. The van der Waals surface area contributed by atoms with E-state index in [9.17, 15) is 0 Å². The van der Waals surface area contributed by atoms with E-state index in [4.69, 9.17) is 4.98 Å². The van der Waals surface area contributed by atoms with Gasteiger partial charge in [-0.05, 0) is 249 Å². The third-order valence-corrected chi connectivity index (χ3v) is 16.1. The molecule has 16 rings (SSSR count). The molecule has 0 atom stereocenters. The molecule has 8 heteroatoms. The molecule has 0 fully saturated rings. The zero-order valence-electron chi connectivity index (χ0n) is 53.5. The van der Waals surface area contributed by atoms with Crippen molar-refractivity contribution >= 4 is 98.3 Å². The lowest BCUT2D eigenvalue weighted by Gasteiger charge is -2.06. The van der Waals surface area contributed by atoms with Gasteiger partial charge in [0.25, 0.3) is 0 Å². The third-order valence-electron chi connectivity index (χ3n) is 16.1. The van der Waals surface area contributed by atoms with Gasteiger partial charge in [0.05, 0.1) is 72.2 Å². The van der Waals surface area contributed by atoms with Crippen LogP contribution in [0.3, 0.4) is 0 Å². The SMILES string of the molecule is Cc1cc2cc3ccccc3nc2cc1C.Cc1ccc(C)c2nc3ccccc3cc12.Cc1ccc2nc3cc(C)ccc3cc2c1.Cc1ccc2nc3ccc(C)cc3cc2c1.Cc1ccnc(-c2cc(C)ccn2)c1.Cc1cnc2cccc(C)c2n1. The second kappa shape index (κ2) is 27.1. The summed E-state index contributed by atoms with van der Waals surface area (Å²) in [6.45, 7) is 25.1. The molecule has 16 aromatic rings. The minimum Gasteiger partial charge on any atom is -0.255 e. The minimum absolute atomic E-state index is 0.939. The van der Waals surface area contributed by atoms with E-state index in [2.05, 4.69) is 275 Å². The lowest BCUT2D eigenvalue weighted by atomic mass is 10.0. The highest BCUT2D eigenvalue weighted by Gasteiger charge is 2.07. The van der Waals surface area contributed by atoms with Crippen LogP contribution in [0.5, 0.6) is 0 Å². The number of hydrogen-bond acceptors (Lipinski definition) is 8. The predicted molar refractivity (Wildman–Crippen MR) is 381 cm³/mol. The highest BCUT2D eigenvalue weighted by molar-refractivity contribution is 5.97. The molecule has 90 heavy (non-hydrogen) atoms. The summed E-state index contributed by atoms with van der Waals surface area (Å²) in [6.07, 6.45) is 5.42. The average Bonchev–Trinajstić information content (AvgIpc) is 1.14. The number of aromatic nitrogens is 8. The Morgan fingerprint density at radius 3 is 1.23 bits per heavy atom. The first-order valence-corrected chi connectivity index (χ1v) is 30.6. The fourth-order valence-corrected chi connectivity index (χ4v) is 10.9. The Bertz CT molecular complexity index is 5020. The van der Waals surface area contributed by atoms with Crippen molar-refractivity contribution in [1.82, 2.24) is 39.9 Å². The van der Waals surface area contributed by atoms with E-state index in [0.717, 1.165) is 72.2 Å². The highest BCUT2D eigenvalue weighted by Crippen LogP contribution is 2.27. The number of benzene rings is 9. The summed E-state index contributed by atoms with van der Waals surface area (Å²) >= 11 is 0. The fraction of sp³-hybridized carbons (Fsp3) is 0.146. The van der Waals surface area contributed by atoms with E-state index < -0.39 is 0 Å². The monoisotopic (exact) mass is 1170 g/mol. The summed E-state index contributed by atoms with van der Waals surface area (Å²) in [4.78, 5) is 36.0. The van der Waals surface area contributed by atoms with Crippen LogP contribution < -0.4 is 0 Å². The molecule has 0 saturated heterocycles. The summed E-state index contributed by atoms with van der Waals surface area (Å²) in [5.74, 6) is 0. The fourth-order valence-electron chi connectivity index (χ4n) is 10.9. The first-order valence-electron chi connectivity index (χ1n) is 30.6. The second-order valence-electron chi connectivity index (χ2n) is 23.7. The average molecular weight is 1170 g/mol. The maximum absolute atomic E-state index is 4.74. The van der Waals surface area contributed by atoms with Gasteiger partial charge >= 0.3 is 0 Å². The summed E-state index contributed by atoms with van der Waals surface area (Å²) in [5.41, 5.74) is 27.3. The summed E-state index contributed by atoms with van der Waals surface area (Å²) in [5, 5.41) is 9.78. The van der Waals surface area contributed by atoms with Gasteiger partial charge < -0.3 is 0 Å². The molecule has 0 spiro atoms. The van der Waals surface area contributed by atoms with Crippen LogP contribution in [-0.4, -0.2) is 39.9 Å². The molecule has 0 N–H and O–H groups in total. The van der Waals surface area contributed by atoms with E-state index in [1.54, 1.807) is 6.20 Å². The quantitative estimate of drug-likeness (QED) is 0.150.